The minimum atomic E-state index is -1.20. The lowest BCUT2D eigenvalue weighted by Crippen LogP contribution is -2.20. The number of fused-ring (bicyclic) bond motifs is 1. The predicted molar refractivity (Wildman–Crippen MR) is 103 cm³/mol. The summed E-state index contributed by atoms with van der Waals surface area (Å²) in [6.45, 7) is 4.50. The largest absolute Gasteiger partial charge is 0.326 e. The van der Waals surface area contributed by atoms with E-state index in [1.54, 1.807) is 18.3 Å². The van der Waals surface area contributed by atoms with Crippen LogP contribution in [0, 0.1) is 6.92 Å². The van der Waals surface area contributed by atoms with Crippen molar-refractivity contribution in [3.8, 4) is 0 Å². The molecule has 0 aliphatic heterocycles. The summed E-state index contributed by atoms with van der Waals surface area (Å²) in [5.74, 6) is 0.562. The Hall–Kier alpha value is -1.99. The molecule has 3 aromatic heterocycles. The number of halogens is 1. The highest BCUT2D eigenvalue weighted by Gasteiger charge is 2.14. The van der Waals surface area contributed by atoms with Gasteiger partial charge in [0.25, 0.3) is 5.56 Å². The molecule has 3 heterocycles. The van der Waals surface area contributed by atoms with E-state index in [0.29, 0.717) is 28.1 Å². The maximum Gasteiger partial charge on any atom is 0.274 e. The molecule has 1 atom stereocenters. The molecule has 0 radical (unpaired) electrons. The Morgan fingerprint density at radius 1 is 1.23 bits per heavy atom. The summed E-state index contributed by atoms with van der Waals surface area (Å²) in [6.07, 6.45) is 4.70. The van der Waals surface area contributed by atoms with Crippen LogP contribution >= 0.6 is 11.6 Å². The van der Waals surface area contributed by atoms with Gasteiger partial charge in [-0.3, -0.25) is 9.00 Å². The summed E-state index contributed by atoms with van der Waals surface area (Å²) in [6, 6.07) is 6.91. The number of aryl methyl sites for hydroxylation is 1. The molecule has 0 amide bonds. The number of aromatic nitrogens is 4. The van der Waals surface area contributed by atoms with Crippen LogP contribution in [0.4, 0.5) is 0 Å². The average Bonchev–Trinajstić information content (AvgIpc) is 3.06. The van der Waals surface area contributed by atoms with Crippen molar-refractivity contribution in [2.24, 2.45) is 0 Å². The van der Waals surface area contributed by atoms with Gasteiger partial charge in [-0.05, 0) is 25.0 Å². The highest BCUT2D eigenvalue weighted by atomic mass is 35.5. The minimum Gasteiger partial charge on any atom is -0.326 e. The second-order valence-corrected chi connectivity index (χ2v) is 8.11. The number of hydrogen-bond donors (Lipinski definition) is 0. The van der Waals surface area contributed by atoms with E-state index in [4.69, 9.17) is 11.6 Å². The van der Waals surface area contributed by atoms with Gasteiger partial charge >= 0.3 is 0 Å². The second-order valence-electron chi connectivity index (χ2n) is 6.21. The van der Waals surface area contributed by atoms with Crippen LogP contribution < -0.4 is 5.56 Å². The van der Waals surface area contributed by atoms with Gasteiger partial charge < -0.3 is 4.57 Å². The summed E-state index contributed by atoms with van der Waals surface area (Å²) in [4.78, 5) is 16.4. The molecule has 0 bridgehead atoms. The van der Waals surface area contributed by atoms with E-state index in [1.807, 2.05) is 17.6 Å². The Bertz CT molecular complexity index is 995. The number of hydrogen-bond acceptors (Lipinski definition) is 4. The molecule has 0 spiro atoms. The highest BCUT2D eigenvalue weighted by Crippen LogP contribution is 2.15. The quantitative estimate of drug-likeness (QED) is 0.457. The first-order valence-corrected chi connectivity index (χ1v) is 10.3. The first-order valence-electron chi connectivity index (χ1n) is 8.58. The van der Waals surface area contributed by atoms with Gasteiger partial charge in [0.1, 0.15) is 10.8 Å². The maximum absolute atomic E-state index is 12.5. The fourth-order valence-corrected chi connectivity index (χ4v) is 3.99. The molecule has 6 nitrogen and oxygen atoms in total. The monoisotopic (exact) mass is 392 g/mol. The Morgan fingerprint density at radius 3 is 2.73 bits per heavy atom. The van der Waals surface area contributed by atoms with E-state index < -0.39 is 10.8 Å². The van der Waals surface area contributed by atoms with Crippen molar-refractivity contribution >= 4 is 28.0 Å². The number of pyridine rings is 1. The molecule has 0 saturated heterocycles. The lowest BCUT2D eigenvalue weighted by Gasteiger charge is -2.12. The van der Waals surface area contributed by atoms with Crippen LogP contribution in [0.3, 0.4) is 0 Å². The minimum absolute atomic E-state index is 0.222. The van der Waals surface area contributed by atoms with Crippen molar-refractivity contribution in [3.05, 3.63) is 57.2 Å². The van der Waals surface area contributed by atoms with Gasteiger partial charge in [0.15, 0.2) is 5.03 Å². The zero-order valence-electron chi connectivity index (χ0n) is 14.8. The van der Waals surface area contributed by atoms with Gasteiger partial charge in [0, 0.05) is 29.8 Å². The molecule has 0 aliphatic rings. The van der Waals surface area contributed by atoms with Gasteiger partial charge in [0.05, 0.1) is 17.3 Å². The number of nitrogens with zero attached hydrogens (tertiary/aromatic N) is 4. The Labute approximate surface area is 159 Å². The summed E-state index contributed by atoms with van der Waals surface area (Å²) in [5, 5.41) is 5.18. The van der Waals surface area contributed by atoms with Gasteiger partial charge in [-0.25, -0.2) is 4.98 Å². The van der Waals surface area contributed by atoms with Gasteiger partial charge in [-0.2, -0.15) is 9.61 Å². The molecular weight excluding hydrogens is 372 g/mol. The van der Waals surface area contributed by atoms with Crippen LogP contribution in [-0.4, -0.2) is 29.1 Å². The normalized spacial score (nSPS) is 12.6. The highest BCUT2D eigenvalue weighted by molar-refractivity contribution is 7.84. The third-order valence-electron chi connectivity index (χ3n) is 4.21. The number of unbranched alkanes of at least 4 members (excludes halogenated alkanes) is 2. The topological polar surface area (TPSA) is 69.3 Å². The fraction of sp³-hybridized carbons (Fsp3) is 0.389. The average molecular weight is 393 g/mol. The molecule has 3 aromatic rings. The predicted octanol–water partition coefficient (Wildman–Crippen LogP) is 3.20. The lowest BCUT2D eigenvalue weighted by molar-refractivity contribution is 0.670. The fourth-order valence-electron chi connectivity index (χ4n) is 2.79. The Balaban J connectivity index is 1.99. The van der Waals surface area contributed by atoms with E-state index in [-0.39, 0.29) is 5.56 Å². The van der Waals surface area contributed by atoms with Crippen LogP contribution in [0.15, 0.2) is 40.3 Å². The van der Waals surface area contributed by atoms with Crippen LogP contribution in [0.2, 0.25) is 5.15 Å². The summed E-state index contributed by atoms with van der Waals surface area (Å²) in [7, 11) is -1.20. The first-order chi connectivity index (χ1) is 12.5. The molecule has 3 rings (SSSR count). The molecule has 0 aliphatic carbocycles. The van der Waals surface area contributed by atoms with E-state index in [0.717, 1.165) is 30.5 Å². The van der Waals surface area contributed by atoms with Crippen molar-refractivity contribution in [3.63, 3.8) is 0 Å². The van der Waals surface area contributed by atoms with Crippen molar-refractivity contribution in [2.75, 3.05) is 5.75 Å². The van der Waals surface area contributed by atoms with Gasteiger partial charge in [-0.15, -0.1) is 0 Å². The molecule has 0 N–H and O–H groups in total. The van der Waals surface area contributed by atoms with Crippen molar-refractivity contribution in [1.82, 2.24) is 19.2 Å². The van der Waals surface area contributed by atoms with Crippen molar-refractivity contribution in [1.29, 1.82) is 0 Å². The van der Waals surface area contributed by atoms with Crippen LogP contribution in [0.1, 0.15) is 37.4 Å². The third kappa shape index (κ3) is 4.04. The Morgan fingerprint density at radius 2 is 2.04 bits per heavy atom. The van der Waals surface area contributed by atoms with Gasteiger partial charge in [-0.1, -0.05) is 37.4 Å². The van der Waals surface area contributed by atoms with E-state index in [1.165, 1.54) is 10.6 Å². The van der Waals surface area contributed by atoms with Gasteiger partial charge in [0.2, 0.25) is 0 Å². The lowest BCUT2D eigenvalue weighted by atomic mass is 10.2. The third-order valence-corrected chi connectivity index (χ3v) is 5.76. The van der Waals surface area contributed by atoms with E-state index >= 15 is 0 Å². The smallest absolute Gasteiger partial charge is 0.274 e. The molecule has 1 unspecified atom stereocenters. The van der Waals surface area contributed by atoms with Crippen LogP contribution in [0.5, 0.6) is 0 Å². The van der Waals surface area contributed by atoms with E-state index in [2.05, 4.69) is 17.0 Å². The molecule has 138 valence electrons. The second kappa shape index (κ2) is 8.14. The van der Waals surface area contributed by atoms with Crippen LogP contribution in [0.25, 0.3) is 5.65 Å². The molecule has 26 heavy (non-hydrogen) atoms. The molecule has 0 fully saturated rings. The van der Waals surface area contributed by atoms with Crippen molar-refractivity contribution < 1.29 is 4.21 Å². The summed E-state index contributed by atoms with van der Waals surface area (Å²) < 4.78 is 15.8. The number of rotatable bonds is 7. The molecule has 8 heteroatoms. The zero-order chi connectivity index (χ0) is 18.7. The standard InChI is InChI=1S/C18H21ClN4O2S/c1-3-4-5-8-26(25)16-10-17-22(12-14-6-7-15(19)20-11-14)13(2)9-18(24)23(17)21-16/h6-7,9-11H,3-5,8,12H2,1-2H3. The van der Waals surface area contributed by atoms with E-state index in [9.17, 15) is 9.00 Å². The SMILES string of the molecule is CCCCCS(=O)c1cc2n(Cc3ccc(Cl)nc3)c(C)cc(=O)n2n1. The summed E-state index contributed by atoms with van der Waals surface area (Å²) >= 11 is 5.84. The molecular formula is C18H21ClN4O2S. The molecule has 0 aromatic carbocycles. The zero-order valence-corrected chi connectivity index (χ0v) is 16.4. The maximum atomic E-state index is 12.5. The van der Waals surface area contributed by atoms with Crippen LogP contribution in [-0.2, 0) is 17.3 Å². The summed E-state index contributed by atoms with van der Waals surface area (Å²) in [5.41, 5.74) is 2.17. The first kappa shape index (κ1) is 18.8. The van der Waals surface area contributed by atoms with Crippen molar-refractivity contribution in [2.45, 2.75) is 44.7 Å². The Kier molecular flexibility index (Phi) is 5.88. The molecule has 0 saturated carbocycles.